The van der Waals surface area contributed by atoms with Crippen LogP contribution in [0.25, 0.3) is 0 Å². The van der Waals surface area contributed by atoms with Crippen molar-refractivity contribution in [2.75, 3.05) is 19.6 Å². The molecule has 0 aromatic rings. The Labute approximate surface area is 110 Å². The summed E-state index contributed by atoms with van der Waals surface area (Å²) in [5.74, 6) is 0.338. The summed E-state index contributed by atoms with van der Waals surface area (Å²) in [6, 6.07) is -0.319. The Morgan fingerprint density at radius 3 is 2.44 bits per heavy atom. The van der Waals surface area contributed by atoms with Crippen molar-refractivity contribution in [2.24, 2.45) is 11.8 Å². The van der Waals surface area contributed by atoms with Gasteiger partial charge in [0.2, 0.25) is 0 Å². The molecule has 0 aromatic heterocycles. The average molecular weight is 254 g/mol. The van der Waals surface area contributed by atoms with E-state index in [4.69, 9.17) is 0 Å². The van der Waals surface area contributed by atoms with Crippen LogP contribution in [0, 0.1) is 11.8 Å². The minimum absolute atomic E-state index is 0.319. The highest BCUT2D eigenvalue weighted by atomic mass is 16.4. The number of carboxylic acids is 1. The van der Waals surface area contributed by atoms with Crippen molar-refractivity contribution in [3.8, 4) is 0 Å². The summed E-state index contributed by atoms with van der Waals surface area (Å²) < 4.78 is 0. The topological polar surface area (TPSA) is 61.4 Å². The lowest BCUT2D eigenvalue weighted by Gasteiger charge is -2.30. The third-order valence-electron chi connectivity index (χ3n) is 4.47. The van der Waals surface area contributed by atoms with E-state index in [1.54, 1.807) is 0 Å². The van der Waals surface area contributed by atoms with Crippen molar-refractivity contribution in [2.45, 2.75) is 51.0 Å². The molecule has 2 aliphatic rings. The summed E-state index contributed by atoms with van der Waals surface area (Å²) in [5.41, 5.74) is 0. The molecule has 1 saturated carbocycles. The number of hydrogen-bond acceptors (Lipinski definition) is 3. The minimum atomic E-state index is -0.657. The zero-order valence-corrected chi connectivity index (χ0v) is 11.2. The second-order valence-electron chi connectivity index (χ2n) is 5.82. The minimum Gasteiger partial charge on any atom is -0.480 e. The fraction of sp³-hybridized carbons (Fsp3) is 0.929. The van der Waals surface area contributed by atoms with Crippen molar-refractivity contribution in [3.63, 3.8) is 0 Å². The molecule has 0 amide bonds. The van der Waals surface area contributed by atoms with Crippen molar-refractivity contribution >= 4 is 5.97 Å². The molecule has 0 bridgehead atoms. The van der Waals surface area contributed by atoms with Crippen LogP contribution in [0.15, 0.2) is 0 Å². The van der Waals surface area contributed by atoms with E-state index >= 15 is 0 Å². The second-order valence-corrected chi connectivity index (χ2v) is 5.82. The summed E-state index contributed by atoms with van der Waals surface area (Å²) in [4.78, 5) is 11.4. The third kappa shape index (κ3) is 3.95. The smallest absolute Gasteiger partial charge is 0.320 e. The molecule has 2 rings (SSSR count). The van der Waals surface area contributed by atoms with Crippen molar-refractivity contribution in [1.29, 1.82) is 0 Å². The van der Waals surface area contributed by atoms with Crippen molar-refractivity contribution in [3.05, 3.63) is 0 Å². The van der Waals surface area contributed by atoms with E-state index in [0.29, 0.717) is 11.8 Å². The van der Waals surface area contributed by atoms with Crippen molar-refractivity contribution < 1.29 is 9.90 Å². The van der Waals surface area contributed by atoms with Crippen LogP contribution in [0.5, 0.6) is 0 Å². The van der Waals surface area contributed by atoms with Crippen LogP contribution in [0.1, 0.15) is 44.9 Å². The number of piperidine rings is 1. The molecule has 1 aliphatic carbocycles. The molecule has 0 radical (unpaired) electrons. The molecule has 0 spiro atoms. The van der Waals surface area contributed by atoms with Crippen LogP contribution >= 0.6 is 0 Å². The van der Waals surface area contributed by atoms with Gasteiger partial charge in [0, 0.05) is 0 Å². The first-order chi connectivity index (χ1) is 8.77. The highest BCUT2D eigenvalue weighted by Gasteiger charge is 2.29. The number of hydrogen-bond donors (Lipinski definition) is 3. The van der Waals surface area contributed by atoms with Crippen LogP contribution in [0.3, 0.4) is 0 Å². The maximum atomic E-state index is 11.4. The summed E-state index contributed by atoms with van der Waals surface area (Å²) in [7, 11) is 0. The number of nitrogens with one attached hydrogen (secondary N) is 2. The average Bonchev–Trinajstić information content (AvgIpc) is 2.41. The highest BCUT2D eigenvalue weighted by Crippen LogP contribution is 2.27. The van der Waals surface area contributed by atoms with Gasteiger partial charge in [0.1, 0.15) is 6.04 Å². The molecule has 1 aliphatic heterocycles. The van der Waals surface area contributed by atoms with Gasteiger partial charge in [0.05, 0.1) is 0 Å². The highest BCUT2D eigenvalue weighted by molar-refractivity contribution is 5.73. The molecule has 4 heteroatoms. The molecule has 0 aromatic carbocycles. The van der Waals surface area contributed by atoms with Gasteiger partial charge in [-0.25, -0.2) is 0 Å². The predicted molar refractivity (Wildman–Crippen MR) is 71.6 cm³/mol. The normalized spacial score (nSPS) is 24.9. The Bertz CT molecular complexity index is 259. The molecule has 2 fully saturated rings. The van der Waals surface area contributed by atoms with Gasteiger partial charge in [-0.05, 0) is 57.2 Å². The number of aliphatic carboxylic acids is 1. The molecule has 104 valence electrons. The zero-order chi connectivity index (χ0) is 12.8. The van der Waals surface area contributed by atoms with E-state index in [1.807, 2.05) is 0 Å². The fourth-order valence-corrected chi connectivity index (χ4v) is 3.30. The van der Waals surface area contributed by atoms with Gasteiger partial charge < -0.3 is 15.7 Å². The van der Waals surface area contributed by atoms with Crippen molar-refractivity contribution in [1.82, 2.24) is 10.6 Å². The van der Waals surface area contributed by atoms with Gasteiger partial charge in [-0.1, -0.05) is 19.3 Å². The van der Waals surface area contributed by atoms with Gasteiger partial charge >= 0.3 is 5.97 Å². The summed E-state index contributed by atoms with van der Waals surface area (Å²) in [6.45, 7) is 3.02. The molecule has 1 atom stereocenters. The fourth-order valence-electron chi connectivity index (χ4n) is 3.30. The summed E-state index contributed by atoms with van der Waals surface area (Å²) >= 11 is 0. The molecule has 4 nitrogen and oxygen atoms in total. The largest absolute Gasteiger partial charge is 0.480 e. The lowest BCUT2D eigenvalue weighted by atomic mass is 9.83. The van der Waals surface area contributed by atoms with E-state index in [-0.39, 0.29) is 6.04 Å². The first kappa shape index (κ1) is 13.8. The first-order valence-electron chi connectivity index (χ1n) is 7.44. The third-order valence-corrected chi connectivity index (χ3v) is 4.47. The molecule has 3 N–H and O–H groups in total. The summed E-state index contributed by atoms with van der Waals surface area (Å²) in [6.07, 6.45) is 8.17. The Morgan fingerprint density at radius 1 is 1.17 bits per heavy atom. The summed E-state index contributed by atoms with van der Waals surface area (Å²) in [5, 5.41) is 16.1. The Kier molecular flexibility index (Phi) is 5.45. The number of carbonyl (C=O) groups is 1. The maximum Gasteiger partial charge on any atom is 0.320 e. The predicted octanol–water partition coefficient (Wildman–Crippen LogP) is 1.61. The molecule has 18 heavy (non-hydrogen) atoms. The quantitative estimate of drug-likeness (QED) is 0.697. The molecular weight excluding hydrogens is 228 g/mol. The lowest BCUT2D eigenvalue weighted by molar-refractivity contribution is -0.141. The van der Waals surface area contributed by atoms with Gasteiger partial charge in [-0.2, -0.15) is 0 Å². The maximum absolute atomic E-state index is 11.4. The molecule has 1 heterocycles. The van der Waals surface area contributed by atoms with E-state index in [0.717, 1.165) is 32.5 Å². The van der Waals surface area contributed by atoms with Crippen LogP contribution in [-0.4, -0.2) is 36.8 Å². The molecule has 0 unspecified atom stereocenters. The van der Waals surface area contributed by atoms with Crippen LogP contribution < -0.4 is 10.6 Å². The second kappa shape index (κ2) is 7.10. The zero-order valence-electron chi connectivity index (χ0n) is 11.2. The Morgan fingerprint density at radius 2 is 1.83 bits per heavy atom. The van der Waals surface area contributed by atoms with Crippen LogP contribution in [0.2, 0.25) is 0 Å². The van der Waals surface area contributed by atoms with E-state index in [2.05, 4.69) is 10.6 Å². The van der Waals surface area contributed by atoms with Crippen LogP contribution in [0.4, 0.5) is 0 Å². The molecular formula is C14H26N2O2. The van der Waals surface area contributed by atoms with Gasteiger partial charge in [-0.15, -0.1) is 0 Å². The van der Waals surface area contributed by atoms with Crippen LogP contribution in [-0.2, 0) is 4.79 Å². The number of rotatable bonds is 5. The number of carboxylic acid groups (broad SMARTS) is 1. The van der Waals surface area contributed by atoms with E-state index < -0.39 is 5.97 Å². The van der Waals surface area contributed by atoms with E-state index in [1.165, 1.54) is 32.1 Å². The molecule has 1 saturated heterocycles. The van der Waals surface area contributed by atoms with Gasteiger partial charge in [-0.3, -0.25) is 4.79 Å². The Balaban J connectivity index is 1.79. The Hall–Kier alpha value is -0.610. The monoisotopic (exact) mass is 254 g/mol. The first-order valence-corrected chi connectivity index (χ1v) is 7.44. The SMILES string of the molecule is O=C(O)[C@@H](NCC1CCNCC1)C1CCCCC1. The van der Waals surface area contributed by atoms with E-state index in [9.17, 15) is 9.90 Å². The standard InChI is InChI=1S/C14H26N2O2/c17-14(18)13(12-4-2-1-3-5-12)16-10-11-6-8-15-9-7-11/h11-13,15-16H,1-10H2,(H,17,18)/t13-/m0/s1. The van der Waals surface area contributed by atoms with Gasteiger partial charge in [0.25, 0.3) is 0 Å². The van der Waals surface area contributed by atoms with Gasteiger partial charge in [0.15, 0.2) is 0 Å². The lowest BCUT2D eigenvalue weighted by Crippen LogP contribution is -2.46.